The van der Waals surface area contributed by atoms with Gasteiger partial charge in [-0.25, -0.2) is 0 Å². The molecule has 0 spiro atoms. The van der Waals surface area contributed by atoms with Crippen LogP contribution in [0, 0.1) is 23.2 Å². The molecule has 0 aliphatic heterocycles. The predicted molar refractivity (Wildman–Crippen MR) is 56.1 cm³/mol. The summed E-state index contributed by atoms with van der Waals surface area (Å²) >= 11 is 0. The first-order valence-electron chi connectivity index (χ1n) is 5.33. The maximum absolute atomic E-state index is 8.58. The molecule has 1 rings (SSSR count). The van der Waals surface area contributed by atoms with Crippen LogP contribution in [0.5, 0.6) is 0 Å². The number of rotatable bonds is 3. The normalized spacial score (nSPS) is 18.6. The molecule has 76 valence electrons. The predicted octanol–water partition coefficient (Wildman–Crippen LogP) is 2.69. The Balaban J connectivity index is 0.000000671. The minimum Gasteiger partial charge on any atom is -0.333 e. The van der Waals surface area contributed by atoms with Crippen LogP contribution in [0.2, 0.25) is 0 Å². The van der Waals surface area contributed by atoms with Gasteiger partial charge in [0.25, 0.3) is 0 Å². The molecule has 0 aromatic heterocycles. The molecule has 13 heavy (non-hydrogen) atoms. The smallest absolute Gasteiger partial charge is 0.0624 e. The molecule has 0 aromatic rings. The second kappa shape index (κ2) is 8.07. The Morgan fingerprint density at radius 3 is 2.31 bits per heavy atom. The van der Waals surface area contributed by atoms with Crippen molar-refractivity contribution >= 4 is 0 Å². The van der Waals surface area contributed by atoms with Crippen LogP contribution in [0.1, 0.15) is 45.4 Å². The summed E-state index contributed by atoms with van der Waals surface area (Å²) in [5.41, 5.74) is 4.50. The van der Waals surface area contributed by atoms with E-state index in [1.807, 2.05) is 0 Å². The van der Waals surface area contributed by atoms with Crippen molar-refractivity contribution in [2.75, 3.05) is 7.05 Å². The summed E-state index contributed by atoms with van der Waals surface area (Å²) in [6.45, 7) is 2.21. The fourth-order valence-electron chi connectivity index (χ4n) is 2.19. The zero-order valence-electron chi connectivity index (χ0n) is 8.92. The van der Waals surface area contributed by atoms with Gasteiger partial charge in [0.2, 0.25) is 0 Å². The molecule has 0 saturated heterocycles. The third-order valence-corrected chi connectivity index (χ3v) is 2.94. The Labute approximate surface area is 82.1 Å². The molecule has 1 saturated carbocycles. The average Bonchev–Trinajstić information content (AvgIpc) is 2.70. The van der Waals surface area contributed by atoms with E-state index in [-0.39, 0.29) is 0 Å². The zero-order valence-corrected chi connectivity index (χ0v) is 8.92. The van der Waals surface area contributed by atoms with Crippen LogP contribution in [-0.2, 0) is 0 Å². The lowest BCUT2D eigenvalue weighted by atomic mass is 9.87. The van der Waals surface area contributed by atoms with Crippen LogP contribution in [0.3, 0.4) is 0 Å². The maximum Gasteiger partial charge on any atom is 0.0624 e. The molecule has 0 amide bonds. The van der Waals surface area contributed by atoms with E-state index in [4.69, 9.17) is 5.26 Å². The van der Waals surface area contributed by atoms with E-state index in [1.165, 1.54) is 39.2 Å². The molecule has 1 aliphatic carbocycles. The highest BCUT2D eigenvalue weighted by molar-refractivity contribution is 4.82. The Kier molecular flexibility index (Phi) is 7.73. The Bertz CT molecular complexity index is 143. The molecule has 0 radical (unpaired) electrons. The van der Waals surface area contributed by atoms with Gasteiger partial charge in [0.05, 0.1) is 6.07 Å². The van der Waals surface area contributed by atoms with E-state index in [9.17, 15) is 0 Å². The lowest BCUT2D eigenvalue weighted by molar-refractivity contribution is 0.334. The number of nitrogens with two attached hydrogens (primary N) is 1. The molecule has 2 heteroatoms. The Morgan fingerprint density at radius 1 is 1.38 bits per heavy atom. The van der Waals surface area contributed by atoms with Gasteiger partial charge in [-0.3, -0.25) is 0 Å². The van der Waals surface area contributed by atoms with Crippen LogP contribution in [0.4, 0.5) is 0 Å². The Hall–Kier alpha value is -0.550. The minimum absolute atomic E-state index is 0.697. The summed E-state index contributed by atoms with van der Waals surface area (Å²) in [5.74, 6) is 1.57. The van der Waals surface area contributed by atoms with Gasteiger partial charge in [0.1, 0.15) is 0 Å². The van der Waals surface area contributed by atoms with Gasteiger partial charge in [-0.15, -0.1) is 0 Å². The van der Waals surface area contributed by atoms with Gasteiger partial charge in [-0.2, -0.15) is 5.26 Å². The van der Waals surface area contributed by atoms with E-state index in [2.05, 4.69) is 18.7 Å². The summed E-state index contributed by atoms with van der Waals surface area (Å²) < 4.78 is 0. The van der Waals surface area contributed by atoms with Crippen molar-refractivity contribution in [3.05, 3.63) is 0 Å². The van der Waals surface area contributed by atoms with Crippen molar-refractivity contribution in [1.29, 1.82) is 5.26 Å². The van der Waals surface area contributed by atoms with Gasteiger partial charge in [-0.05, 0) is 18.9 Å². The van der Waals surface area contributed by atoms with E-state index in [0.29, 0.717) is 5.92 Å². The highest BCUT2D eigenvalue weighted by Gasteiger charge is 2.22. The van der Waals surface area contributed by atoms with Crippen molar-refractivity contribution in [3.8, 4) is 6.07 Å². The standard InChI is InChI=1S/C10H17N.CH5N/c1-2-9(7-8-11)10-5-3-4-6-10;1-2/h9-10H,2-7H2,1H3;2H2,1H3. The SMILES string of the molecule is CCC(CC#N)C1CCCC1.CN. The van der Waals surface area contributed by atoms with Crippen LogP contribution < -0.4 is 5.73 Å². The van der Waals surface area contributed by atoms with Crippen molar-refractivity contribution in [2.24, 2.45) is 17.6 Å². The fourth-order valence-corrected chi connectivity index (χ4v) is 2.19. The summed E-state index contributed by atoms with van der Waals surface area (Å²) in [6.07, 6.45) is 7.51. The topological polar surface area (TPSA) is 49.8 Å². The average molecular weight is 182 g/mol. The van der Waals surface area contributed by atoms with E-state index >= 15 is 0 Å². The molecule has 1 fully saturated rings. The first-order chi connectivity index (χ1) is 6.38. The van der Waals surface area contributed by atoms with E-state index < -0.39 is 0 Å². The highest BCUT2D eigenvalue weighted by atomic mass is 14.4. The quantitative estimate of drug-likeness (QED) is 0.729. The van der Waals surface area contributed by atoms with Crippen molar-refractivity contribution in [1.82, 2.24) is 0 Å². The first kappa shape index (κ1) is 12.4. The van der Waals surface area contributed by atoms with E-state index in [1.54, 1.807) is 0 Å². The molecular formula is C11H22N2. The van der Waals surface area contributed by atoms with Gasteiger partial charge in [0.15, 0.2) is 0 Å². The summed E-state index contributed by atoms with van der Waals surface area (Å²) in [7, 11) is 1.50. The minimum atomic E-state index is 0.697. The summed E-state index contributed by atoms with van der Waals surface area (Å²) in [6, 6.07) is 2.30. The molecular weight excluding hydrogens is 160 g/mol. The first-order valence-corrected chi connectivity index (χ1v) is 5.33. The molecule has 2 nitrogen and oxygen atoms in total. The molecule has 1 atom stereocenters. The molecule has 1 aliphatic rings. The van der Waals surface area contributed by atoms with Gasteiger partial charge in [0, 0.05) is 6.42 Å². The number of hydrogen-bond acceptors (Lipinski definition) is 2. The van der Waals surface area contributed by atoms with Gasteiger partial charge < -0.3 is 5.73 Å². The molecule has 1 unspecified atom stereocenters. The molecule has 0 heterocycles. The van der Waals surface area contributed by atoms with Crippen LogP contribution in [0.15, 0.2) is 0 Å². The van der Waals surface area contributed by atoms with Crippen molar-refractivity contribution in [2.45, 2.75) is 45.4 Å². The van der Waals surface area contributed by atoms with Gasteiger partial charge in [-0.1, -0.05) is 39.0 Å². The van der Waals surface area contributed by atoms with Crippen LogP contribution in [-0.4, -0.2) is 7.05 Å². The maximum atomic E-state index is 8.58. The van der Waals surface area contributed by atoms with E-state index in [0.717, 1.165) is 12.3 Å². The number of nitrogens with zero attached hydrogens (tertiary/aromatic N) is 1. The lowest BCUT2D eigenvalue weighted by Crippen LogP contribution is -2.09. The van der Waals surface area contributed by atoms with Gasteiger partial charge >= 0.3 is 0 Å². The monoisotopic (exact) mass is 182 g/mol. The lowest BCUT2D eigenvalue weighted by Gasteiger charge is -2.18. The van der Waals surface area contributed by atoms with Crippen molar-refractivity contribution < 1.29 is 0 Å². The second-order valence-corrected chi connectivity index (χ2v) is 3.58. The number of hydrogen-bond donors (Lipinski definition) is 1. The fraction of sp³-hybridized carbons (Fsp3) is 0.909. The molecule has 0 bridgehead atoms. The Morgan fingerprint density at radius 2 is 1.92 bits per heavy atom. The van der Waals surface area contributed by atoms with Crippen LogP contribution >= 0.6 is 0 Å². The largest absolute Gasteiger partial charge is 0.333 e. The third-order valence-electron chi connectivity index (χ3n) is 2.94. The molecule has 2 N–H and O–H groups in total. The number of nitriles is 1. The summed E-state index contributed by atoms with van der Waals surface area (Å²) in [4.78, 5) is 0. The summed E-state index contributed by atoms with van der Waals surface area (Å²) in [5, 5.41) is 8.58. The zero-order chi connectivity index (χ0) is 10.1. The third kappa shape index (κ3) is 4.28. The second-order valence-electron chi connectivity index (χ2n) is 3.58. The molecule has 0 aromatic carbocycles. The van der Waals surface area contributed by atoms with Crippen LogP contribution in [0.25, 0.3) is 0 Å². The highest BCUT2D eigenvalue weighted by Crippen LogP contribution is 2.34. The van der Waals surface area contributed by atoms with Crippen molar-refractivity contribution in [3.63, 3.8) is 0 Å².